The highest BCUT2D eigenvalue weighted by Gasteiger charge is 2.41. The predicted octanol–water partition coefficient (Wildman–Crippen LogP) is 5.45. The lowest BCUT2D eigenvalue weighted by atomic mass is 9.87. The van der Waals surface area contributed by atoms with Gasteiger partial charge in [-0.1, -0.05) is 6.92 Å². The number of nitrogens with zero attached hydrogens (tertiary/aromatic N) is 1. The second kappa shape index (κ2) is 10.0. The van der Waals surface area contributed by atoms with E-state index in [1.54, 1.807) is 21.0 Å². The molecule has 0 saturated carbocycles. The van der Waals surface area contributed by atoms with E-state index >= 15 is 0 Å². The minimum atomic E-state index is -0.449. The number of allylic oxidation sites excluding steroid dienone is 1. The van der Waals surface area contributed by atoms with E-state index < -0.39 is 5.97 Å². The van der Waals surface area contributed by atoms with Crippen LogP contribution in [0.2, 0.25) is 0 Å². The van der Waals surface area contributed by atoms with E-state index in [0.29, 0.717) is 30.2 Å². The maximum absolute atomic E-state index is 14.5. The van der Waals surface area contributed by atoms with Gasteiger partial charge >= 0.3 is 13.7 Å². The fourth-order valence-corrected chi connectivity index (χ4v) is 5.16. The summed E-state index contributed by atoms with van der Waals surface area (Å²) in [6.45, 7) is 15.9. The van der Waals surface area contributed by atoms with Gasteiger partial charge in [-0.2, -0.15) is 0 Å². The minimum Gasteiger partial charge on any atom is -0.497 e. The Balaban J connectivity index is 2.53. The van der Waals surface area contributed by atoms with Gasteiger partial charge in [-0.25, -0.2) is 13.6 Å². The van der Waals surface area contributed by atoms with Crippen molar-refractivity contribution in [1.29, 1.82) is 0 Å². The van der Waals surface area contributed by atoms with Crippen molar-refractivity contribution in [2.45, 2.75) is 61.8 Å². The standard InChI is InChI=1S/C27H34BFN2O3/c1-10-21-16(5)25(30-18(21)7)24(22-14(3)12-20(33-9)13-15(22)4)26-17(6)23(27(32)34-11-2)19(8)31(26)28-29/h12-13,30H,10-11H2,1-9H3/q+1. The summed E-state index contributed by atoms with van der Waals surface area (Å²) in [4.78, 5) is 16.4. The molecule has 0 aliphatic carbocycles. The van der Waals surface area contributed by atoms with Gasteiger partial charge in [-0.3, -0.25) is 0 Å². The number of nitrogens with one attached hydrogen (secondary N) is 1. The normalized spacial score (nSPS) is 15.2. The molecule has 2 heterocycles. The van der Waals surface area contributed by atoms with Crippen LogP contribution in [0.1, 0.15) is 66.9 Å². The fraction of sp³-hybridized carbons (Fsp3) is 0.407. The lowest BCUT2D eigenvalue weighted by Gasteiger charge is -2.18. The first-order valence-corrected chi connectivity index (χ1v) is 11.7. The Bertz CT molecular complexity index is 1230. The van der Waals surface area contributed by atoms with Gasteiger partial charge in [0.1, 0.15) is 11.3 Å². The number of halogens is 1. The summed E-state index contributed by atoms with van der Waals surface area (Å²) in [5.41, 5.74) is 10.4. The van der Waals surface area contributed by atoms with E-state index in [1.165, 1.54) is 10.0 Å². The predicted molar refractivity (Wildman–Crippen MR) is 135 cm³/mol. The summed E-state index contributed by atoms with van der Waals surface area (Å²) in [6, 6.07) is 3.96. The molecule has 5 nitrogen and oxygen atoms in total. The molecular weight excluding hydrogens is 430 g/mol. The van der Waals surface area contributed by atoms with Crippen molar-refractivity contribution < 1.29 is 23.1 Å². The first kappa shape index (κ1) is 25.5. The van der Waals surface area contributed by atoms with Crippen molar-refractivity contribution in [1.82, 2.24) is 4.98 Å². The van der Waals surface area contributed by atoms with Crippen LogP contribution in [-0.4, -0.2) is 42.6 Å². The fourth-order valence-electron chi connectivity index (χ4n) is 5.16. The summed E-state index contributed by atoms with van der Waals surface area (Å²) < 4.78 is 26.8. The van der Waals surface area contributed by atoms with Crippen molar-refractivity contribution in [2.75, 3.05) is 13.7 Å². The number of benzene rings is 1. The summed E-state index contributed by atoms with van der Waals surface area (Å²) >= 11 is 0. The number of H-pyrrole nitrogens is 1. The van der Waals surface area contributed by atoms with Crippen molar-refractivity contribution >= 4 is 24.9 Å². The van der Waals surface area contributed by atoms with Crippen molar-refractivity contribution in [3.63, 3.8) is 0 Å². The van der Waals surface area contributed by atoms with E-state index in [4.69, 9.17) is 9.47 Å². The lowest BCUT2D eigenvalue weighted by molar-refractivity contribution is -0.320. The van der Waals surface area contributed by atoms with Gasteiger partial charge < -0.3 is 14.5 Å². The molecular formula is C27H34BFN2O3+. The maximum Gasteiger partial charge on any atom is 0.792 e. The van der Waals surface area contributed by atoms with Crippen LogP contribution in [0.5, 0.6) is 5.75 Å². The molecule has 179 valence electrons. The molecule has 0 spiro atoms. The van der Waals surface area contributed by atoms with Crippen LogP contribution in [0.25, 0.3) is 5.57 Å². The third kappa shape index (κ3) is 4.12. The van der Waals surface area contributed by atoms with Gasteiger partial charge in [0.05, 0.1) is 25.0 Å². The molecule has 0 atom stereocenters. The minimum absolute atomic E-state index is 0.250. The zero-order valence-electron chi connectivity index (χ0n) is 21.7. The molecule has 1 aromatic heterocycles. The molecule has 1 aromatic carbocycles. The van der Waals surface area contributed by atoms with Gasteiger partial charge in [0.15, 0.2) is 11.4 Å². The Morgan fingerprint density at radius 2 is 1.71 bits per heavy atom. The maximum atomic E-state index is 14.5. The smallest absolute Gasteiger partial charge is 0.497 e. The number of carbonyl (C=O) groups excluding carboxylic acids is 1. The number of ether oxygens (including phenoxy) is 2. The number of hydrogen-bond donors (Lipinski definition) is 1. The SMILES string of the molecule is CCOC(=O)C1=C(C)/C(=C(/c2[nH]c(C)c(CC)c2C)c2c(C)cc(OC)cc2C)[N+]([B]F)=C1C. The average molecular weight is 464 g/mol. The Hall–Kier alpha value is -3.09. The van der Waals surface area contributed by atoms with E-state index in [-0.39, 0.29) is 6.61 Å². The molecule has 34 heavy (non-hydrogen) atoms. The largest absolute Gasteiger partial charge is 0.792 e. The van der Waals surface area contributed by atoms with Crippen LogP contribution < -0.4 is 4.74 Å². The van der Waals surface area contributed by atoms with E-state index in [9.17, 15) is 9.11 Å². The summed E-state index contributed by atoms with van der Waals surface area (Å²) in [7, 11) is 2.17. The number of esters is 1. The van der Waals surface area contributed by atoms with Crippen LogP contribution in [0.4, 0.5) is 4.32 Å². The number of methoxy groups -OCH3 is 1. The molecule has 0 unspecified atom stereocenters. The average Bonchev–Trinajstić information content (AvgIpc) is 3.21. The van der Waals surface area contributed by atoms with E-state index in [0.717, 1.165) is 51.4 Å². The molecule has 0 saturated heterocycles. The zero-order valence-corrected chi connectivity index (χ0v) is 21.7. The van der Waals surface area contributed by atoms with E-state index in [1.807, 2.05) is 32.9 Å². The molecule has 0 fully saturated rings. The third-order valence-electron chi connectivity index (χ3n) is 6.70. The number of rotatable bonds is 7. The Labute approximate surface area is 202 Å². The number of carbonyl (C=O) groups is 1. The molecule has 1 N–H and O–H groups in total. The first-order chi connectivity index (χ1) is 16.1. The molecule has 1 aliphatic rings. The molecule has 1 radical (unpaired) electrons. The van der Waals surface area contributed by atoms with Gasteiger partial charge in [0.2, 0.25) is 0 Å². The van der Waals surface area contributed by atoms with Gasteiger partial charge in [-0.05, 0) is 87.9 Å². The van der Waals surface area contributed by atoms with Crippen molar-refractivity contribution in [2.24, 2.45) is 0 Å². The number of aromatic amines is 1. The van der Waals surface area contributed by atoms with Crippen molar-refractivity contribution in [3.8, 4) is 5.75 Å². The highest BCUT2D eigenvalue weighted by Crippen LogP contribution is 2.41. The van der Waals surface area contributed by atoms with Crippen LogP contribution in [0, 0.1) is 27.7 Å². The number of hydrogen-bond acceptors (Lipinski definition) is 3. The Kier molecular flexibility index (Phi) is 7.54. The second-order valence-electron chi connectivity index (χ2n) is 8.72. The Morgan fingerprint density at radius 1 is 1.09 bits per heavy atom. The molecule has 3 rings (SSSR count). The highest BCUT2D eigenvalue weighted by molar-refractivity contribution is 6.26. The Morgan fingerprint density at radius 3 is 2.18 bits per heavy atom. The number of aromatic nitrogens is 1. The summed E-state index contributed by atoms with van der Waals surface area (Å²) in [5.74, 6) is 0.315. The van der Waals surface area contributed by atoms with Crippen LogP contribution in [-0.2, 0) is 16.0 Å². The quantitative estimate of drug-likeness (QED) is 0.438. The van der Waals surface area contributed by atoms with Crippen LogP contribution in [0.15, 0.2) is 29.0 Å². The molecule has 0 amide bonds. The van der Waals surface area contributed by atoms with E-state index in [2.05, 4.69) is 25.8 Å². The number of aryl methyl sites for hydroxylation is 3. The van der Waals surface area contributed by atoms with Crippen LogP contribution in [0.3, 0.4) is 0 Å². The lowest BCUT2D eigenvalue weighted by Crippen LogP contribution is -2.20. The van der Waals surface area contributed by atoms with Crippen molar-refractivity contribution in [3.05, 3.63) is 68.2 Å². The summed E-state index contributed by atoms with van der Waals surface area (Å²) in [6.07, 6.45) is 0.879. The monoisotopic (exact) mass is 464 g/mol. The third-order valence-corrected chi connectivity index (χ3v) is 6.70. The molecule has 1 aliphatic heterocycles. The van der Waals surface area contributed by atoms with Gasteiger partial charge in [0.25, 0.3) is 0 Å². The highest BCUT2D eigenvalue weighted by atomic mass is 19.1. The summed E-state index contributed by atoms with van der Waals surface area (Å²) in [5, 5.41) is 0. The van der Waals surface area contributed by atoms with Gasteiger partial charge in [0, 0.05) is 18.2 Å². The first-order valence-electron chi connectivity index (χ1n) is 11.7. The van der Waals surface area contributed by atoms with Gasteiger partial charge in [-0.15, -0.1) is 0 Å². The second-order valence-corrected chi connectivity index (χ2v) is 8.72. The zero-order chi connectivity index (χ0) is 25.3. The molecule has 7 heteroatoms. The molecule has 0 bridgehead atoms. The topological polar surface area (TPSA) is 54.3 Å². The molecule has 2 aromatic rings. The van der Waals surface area contributed by atoms with Crippen LogP contribution >= 0.6 is 0 Å².